The highest BCUT2D eigenvalue weighted by Crippen LogP contribution is 2.82. The van der Waals surface area contributed by atoms with Crippen LogP contribution >= 0.6 is 0 Å². The standard InChI is InChI=1S/C31H38O5/c1-21(2)27-15-24-16-29(19-33)26-12-11-22(3)25(26)17-30(24,20-35-14-8-7-13-32)31(27,29)28(34)36-18-23-9-5-4-6-10-23/h4-6,9-10,15,19,21-22,24-26,32H,11-14,16-18,20H2,1-3H3/t22-,24+,25-,26-,29+,30+,31+/m0/s1. The van der Waals surface area contributed by atoms with Gasteiger partial charge in [0.2, 0.25) is 0 Å². The zero-order valence-electron chi connectivity index (χ0n) is 21.7. The van der Waals surface area contributed by atoms with Crippen molar-refractivity contribution in [1.82, 2.24) is 0 Å². The molecule has 0 saturated heterocycles. The Morgan fingerprint density at radius 2 is 1.97 bits per heavy atom. The number of allylic oxidation sites excluding steroid dienone is 1. The van der Waals surface area contributed by atoms with Crippen molar-refractivity contribution in [1.29, 1.82) is 0 Å². The molecule has 4 aliphatic rings. The van der Waals surface area contributed by atoms with Crippen molar-refractivity contribution >= 4 is 12.3 Å². The third kappa shape index (κ3) is 3.30. The van der Waals surface area contributed by atoms with Gasteiger partial charge >= 0.3 is 5.97 Å². The maximum atomic E-state index is 14.6. The number of esters is 1. The normalized spacial score (nSPS) is 37.8. The highest BCUT2D eigenvalue weighted by Gasteiger charge is 2.84. The summed E-state index contributed by atoms with van der Waals surface area (Å²) in [7, 11) is 0. The van der Waals surface area contributed by atoms with E-state index in [-0.39, 0.29) is 43.5 Å². The summed E-state index contributed by atoms with van der Waals surface area (Å²) in [5.74, 6) is 6.53. The van der Waals surface area contributed by atoms with Gasteiger partial charge in [0, 0.05) is 5.41 Å². The summed E-state index contributed by atoms with van der Waals surface area (Å²) in [5, 5.41) is 9.03. The van der Waals surface area contributed by atoms with Gasteiger partial charge in [0.15, 0.2) is 0 Å². The van der Waals surface area contributed by atoms with Crippen LogP contribution < -0.4 is 0 Å². The minimum Gasteiger partial charge on any atom is -0.460 e. The molecular weight excluding hydrogens is 452 g/mol. The lowest BCUT2D eigenvalue weighted by Gasteiger charge is -2.58. The Labute approximate surface area is 214 Å². The van der Waals surface area contributed by atoms with Crippen LogP contribution in [0.5, 0.6) is 0 Å². The second-order valence-electron chi connectivity index (χ2n) is 11.7. The quantitative estimate of drug-likeness (QED) is 0.190. The van der Waals surface area contributed by atoms with E-state index < -0.39 is 16.2 Å². The topological polar surface area (TPSA) is 72.8 Å². The average Bonchev–Trinajstić information content (AvgIpc) is 3.45. The van der Waals surface area contributed by atoms with Gasteiger partial charge in [0.25, 0.3) is 0 Å². The van der Waals surface area contributed by atoms with Crippen LogP contribution in [0, 0.1) is 57.7 Å². The van der Waals surface area contributed by atoms with E-state index in [0.29, 0.717) is 24.9 Å². The van der Waals surface area contributed by atoms with Crippen molar-refractivity contribution in [2.24, 2.45) is 45.8 Å². The molecule has 5 rings (SSSR count). The van der Waals surface area contributed by atoms with Gasteiger partial charge in [-0.1, -0.05) is 81.0 Å². The van der Waals surface area contributed by atoms with Crippen molar-refractivity contribution in [3.63, 3.8) is 0 Å². The molecule has 0 heterocycles. The Morgan fingerprint density at radius 3 is 2.67 bits per heavy atom. The molecule has 3 saturated carbocycles. The Bertz CT molecular complexity index is 1100. The molecule has 1 aromatic carbocycles. The highest BCUT2D eigenvalue weighted by molar-refractivity contribution is 5.91. The maximum absolute atomic E-state index is 14.6. The van der Waals surface area contributed by atoms with Gasteiger partial charge in [-0.3, -0.25) is 4.79 Å². The predicted molar refractivity (Wildman–Crippen MR) is 136 cm³/mol. The van der Waals surface area contributed by atoms with Crippen molar-refractivity contribution < 1.29 is 24.2 Å². The number of carbonyl (C=O) groups is 2. The molecule has 0 aliphatic heterocycles. The Hall–Kier alpha value is -2.42. The number of hydrogen-bond acceptors (Lipinski definition) is 5. The third-order valence-electron chi connectivity index (χ3n) is 10.1. The van der Waals surface area contributed by atoms with Crippen molar-refractivity contribution in [2.45, 2.75) is 53.1 Å². The van der Waals surface area contributed by atoms with E-state index >= 15 is 0 Å². The van der Waals surface area contributed by atoms with E-state index in [2.05, 4.69) is 38.7 Å². The molecule has 7 atom stereocenters. The number of aldehydes is 1. The maximum Gasteiger partial charge on any atom is 0.318 e. The fraction of sp³-hybridized carbons (Fsp3) is 0.613. The number of hydrogen-bond donors (Lipinski definition) is 1. The van der Waals surface area contributed by atoms with Crippen molar-refractivity contribution in [3.05, 3.63) is 47.5 Å². The van der Waals surface area contributed by atoms with Gasteiger partial charge in [-0.25, -0.2) is 0 Å². The average molecular weight is 491 g/mol. The number of benzene rings is 1. The smallest absolute Gasteiger partial charge is 0.318 e. The summed E-state index contributed by atoms with van der Waals surface area (Å²) >= 11 is 0. The molecule has 192 valence electrons. The first kappa shape index (κ1) is 25.2. The van der Waals surface area contributed by atoms with Gasteiger partial charge in [0.05, 0.1) is 12.0 Å². The number of rotatable bonds is 8. The molecule has 0 aromatic heterocycles. The summed E-state index contributed by atoms with van der Waals surface area (Å²) in [5.41, 5.74) is -0.320. The number of aliphatic hydroxyl groups excluding tert-OH is 1. The largest absolute Gasteiger partial charge is 0.460 e. The van der Waals surface area contributed by atoms with Crippen LogP contribution in [0.3, 0.4) is 0 Å². The summed E-state index contributed by atoms with van der Waals surface area (Å²) in [6.07, 6.45) is 7.07. The Kier molecular flexibility index (Phi) is 6.64. The molecule has 4 bridgehead atoms. The first-order valence-electron chi connectivity index (χ1n) is 13.4. The second kappa shape index (κ2) is 9.47. The lowest BCUT2D eigenvalue weighted by atomic mass is 9.43. The number of aliphatic hydroxyl groups is 1. The third-order valence-corrected chi connectivity index (χ3v) is 10.1. The molecule has 36 heavy (non-hydrogen) atoms. The lowest BCUT2D eigenvalue weighted by molar-refractivity contribution is -0.192. The van der Waals surface area contributed by atoms with E-state index in [0.717, 1.165) is 36.7 Å². The van der Waals surface area contributed by atoms with Crippen LogP contribution in [-0.2, 0) is 25.7 Å². The van der Waals surface area contributed by atoms with Gasteiger partial charge in [-0.05, 0) is 54.4 Å². The fourth-order valence-corrected chi connectivity index (χ4v) is 8.83. The minimum absolute atomic E-state index is 0.0907. The van der Waals surface area contributed by atoms with Crippen LogP contribution in [-0.4, -0.2) is 37.2 Å². The molecule has 4 aliphatic carbocycles. The summed E-state index contributed by atoms with van der Waals surface area (Å²) in [6.45, 7) is 7.09. The van der Waals surface area contributed by atoms with Crippen molar-refractivity contribution in [3.8, 4) is 11.8 Å². The fourth-order valence-electron chi connectivity index (χ4n) is 8.83. The van der Waals surface area contributed by atoms with Crippen LogP contribution in [0.2, 0.25) is 0 Å². The number of ether oxygens (including phenoxy) is 2. The number of fused-ring (bicyclic) bond motifs is 2. The van der Waals surface area contributed by atoms with Gasteiger partial charge in [0.1, 0.15) is 31.5 Å². The van der Waals surface area contributed by atoms with Gasteiger partial charge < -0.3 is 19.4 Å². The molecule has 1 aromatic rings. The van der Waals surface area contributed by atoms with Crippen LogP contribution in [0.1, 0.15) is 52.0 Å². The highest BCUT2D eigenvalue weighted by atomic mass is 16.5. The summed E-state index contributed by atoms with van der Waals surface area (Å²) < 4.78 is 12.3. The Morgan fingerprint density at radius 1 is 1.19 bits per heavy atom. The van der Waals surface area contributed by atoms with E-state index in [9.17, 15) is 9.59 Å². The lowest BCUT2D eigenvalue weighted by Crippen LogP contribution is -2.64. The van der Waals surface area contributed by atoms with E-state index in [1.807, 2.05) is 30.3 Å². The molecule has 0 unspecified atom stereocenters. The van der Waals surface area contributed by atoms with E-state index in [4.69, 9.17) is 14.6 Å². The molecular formula is C31H38O5. The predicted octanol–water partition coefficient (Wildman–Crippen LogP) is 4.58. The first-order chi connectivity index (χ1) is 17.4. The first-order valence-corrected chi connectivity index (χ1v) is 13.4. The summed E-state index contributed by atoms with van der Waals surface area (Å²) in [4.78, 5) is 27.9. The molecule has 1 N–H and O–H groups in total. The van der Waals surface area contributed by atoms with Crippen LogP contribution in [0.4, 0.5) is 0 Å². The van der Waals surface area contributed by atoms with Gasteiger partial charge in [-0.15, -0.1) is 0 Å². The van der Waals surface area contributed by atoms with Crippen LogP contribution in [0.25, 0.3) is 0 Å². The molecule has 5 heteroatoms. The zero-order valence-corrected chi connectivity index (χ0v) is 21.7. The molecule has 0 amide bonds. The van der Waals surface area contributed by atoms with E-state index in [1.165, 1.54) is 0 Å². The second-order valence-corrected chi connectivity index (χ2v) is 11.7. The van der Waals surface area contributed by atoms with Crippen LogP contribution in [0.15, 0.2) is 42.0 Å². The Balaban J connectivity index is 1.61. The van der Waals surface area contributed by atoms with E-state index in [1.54, 1.807) is 0 Å². The SMILES string of the molecule is CC(C)C1=C[C@@H]2C[C@@]3(C=O)[C@H]4CC[C@H](C)[C@@H]4C[C@]2(COCC#CCO)[C@@]13C(=O)OCc1ccccc1. The molecule has 0 spiro atoms. The molecule has 5 nitrogen and oxygen atoms in total. The number of carbonyl (C=O) groups excluding carboxylic acids is 2. The van der Waals surface area contributed by atoms with Gasteiger partial charge in [-0.2, -0.15) is 0 Å². The minimum atomic E-state index is -1.02. The molecule has 3 fully saturated rings. The van der Waals surface area contributed by atoms with Crippen molar-refractivity contribution in [2.75, 3.05) is 19.8 Å². The monoisotopic (exact) mass is 490 g/mol. The molecule has 0 radical (unpaired) electrons. The zero-order chi connectivity index (χ0) is 25.6. The summed E-state index contributed by atoms with van der Waals surface area (Å²) in [6, 6.07) is 9.75.